The van der Waals surface area contributed by atoms with Crippen molar-refractivity contribution in [2.75, 3.05) is 26.4 Å². The van der Waals surface area contributed by atoms with E-state index in [1.54, 1.807) is 19.9 Å². The second-order valence-electron chi connectivity index (χ2n) is 7.95. The molecule has 0 spiro atoms. The number of fused-ring (bicyclic) bond motifs is 2. The molecule has 0 fully saturated rings. The lowest BCUT2D eigenvalue weighted by Crippen LogP contribution is -2.25. The highest BCUT2D eigenvalue weighted by molar-refractivity contribution is 5.91. The van der Waals surface area contributed by atoms with Gasteiger partial charge in [-0.1, -0.05) is 6.07 Å². The van der Waals surface area contributed by atoms with E-state index in [2.05, 4.69) is 0 Å². The van der Waals surface area contributed by atoms with Crippen LogP contribution >= 0.6 is 0 Å². The van der Waals surface area contributed by atoms with Crippen molar-refractivity contribution in [2.45, 2.75) is 20.0 Å². The molecule has 0 aliphatic carbocycles. The van der Waals surface area contributed by atoms with Crippen LogP contribution in [0, 0.1) is 0 Å². The zero-order chi connectivity index (χ0) is 27.2. The van der Waals surface area contributed by atoms with Gasteiger partial charge in [0, 0.05) is 18.2 Å². The lowest BCUT2D eigenvalue weighted by molar-refractivity contribution is 0.0482. The normalized spacial score (nSPS) is 11.8. The van der Waals surface area contributed by atoms with E-state index in [1.807, 2.05) is 0 Å². The van der Waals surface area contributed by atoms with E-state index in [1.165, 1.54) is 30.3 Å². The van der Waals surface area contributed by atoms with Crippen molar-refractivity contribution in [1.29, 1.82) is 0 Å². The molecule has 0 amide bonds. The average molecular weight is 524 g/mol. The summed E-state index contributed by atoms with van der Waals surface area (Å²) in [4.78, 5) is 48.8. The number of hydrogen-bond donors (Lipinski definition) is 1. The Morgan fingerprint density at radius 3 is 2.13 bits per heavy atom. The Bertz CT molecular complexity index is 1600. The third kappa shape index (κ3) is 5.84. The minimum absolute atomic E-state index is 0.107. The van der Waals surface area contributed by atoms with E-state index in [0.717, 1.165) is 12.1 Å². The molecule has 4 aromatic rings. The van der Waals surface area contributed by atoms with Crippen molar-refractivity contribution in [3.63, 3.8) is 0 Å². The molecule has 38 heavy (non-hydrogen) atoms. The molecule has 0 saturated carbocycles. The molecule has 1 unspecified atom stereocenters. The van der Waals surface area contributed by atoms with Crippen molar-refractivity contribution >= 4 is 33.9 Å². The number of esters is 2. The molecule has 0 radical (unpaired) electrons. The molecule has 0 aliphatic heterocycles. The summed E-state index contributed by atoms with van der Waals surface area (Å²) in [6, 6.07) is 11.1. The predicted octanol–water partition coefficient (Wildman–Crippen LogP) is 3.07. The van der Waals surface area contributed by atoms with E-state index in [9.17, 15) is 24.3 Å². The van der Waals surface area contributed by atoms with Crippen molar-refractivity contribution < 1.29 is 42.5 Å². The molecule has 11 nitrogen and oxygen atoms in total. The lowest BCUT2D eigenvalue weighted by Gasteiger charge is -2.15. The number of ether oxygens (including phenoxy) is 4. The largest absolute Gasteiger partial charge is 0.491 e. The zero-order valence-corrected chi connectivity index (χ0v) is 20.6. The number of carbonyl (C=O) groups excluding carboxylic acids is 2. The molecule has 2 aromatic carbocycles. The number of benzene rings is 2. The third-order valence-corrected chi connectivity index (χ3v) is 5.24. The van der Waals surface area contributed by atoms with Crippen LogP contribution in [0.5, 0.6) is 11.5 Å². The standard InChI is InChI=1S/C27H24O11/c1-3-33-26(31)23-11-18(29)17-9-8-16(10-22(17)38-23)35-13-15(28)14-36-20-6-5-7-21-25(20)19(30)12-24(37-21)27(32)34-4-2/h5-12,15,28H,3-4,13-14H2,1-2H3. The number of aliphatic hydroxyl groups is 1. The van der Waals surface area contributed by atoms with Gasteiger partial charge in [0.15, 0.2) is 10.9 Å². The Labute approximate surface area is 215 Å². The number of carbonyl (C=O) groups is 2. The molecule has 1 N–H and O–H groups in total. The third-order valence-electron chi connectivity index (χ3n) is 5.24. The highest BCUT2D eigenvalue weighted by atomic mass is 16.5. The fourth-order valence-electron chi connectivity index (χ4n) is 3.56. The zero-order valence-electron chi connectivity index (χ0n) is 20.6. The average Bonchev–Trinajstić information content (AvgIpc) is 2.90. The summed E-state index contributed by atoms with van der Waals surface area (Å²) >= 11 is 0. The van der Waals surface area contributed by atoms with Gasteiger partial charge in [-0.2, -0.15) is 0 Å². The highest BCUT2D eigenvalue weighted by Crippen LogP contribution is 2.24. The van der Waals surface area contributed by atoms with Crippen LogP contribution in [0.4, 0.5) is 0 Å². The second-order valence-corrected chi connectivity index (χ2v) is 7.95. The van der Waals surface area contributed by atoms with Gasteiger partial charge in [-0.15, -0.1) is 0 Å². The summed E-state index contributed by atoms with van der Waals surface area (Å²) in [7, 11) is 0. The van der Waals surface area contributed by atoms with Gasteiger partial charge in [0.25, 0.3) is 0 Å². The summed E-state index contributed by atoms with van der Waals surface area (Å²) in [5.41, 5.74) is -0.671. The van der Waals surface area contributed by atoms with Gasteiger partial charge < -0.3 is 32.9 Å². The maximum Gasteiger partial charge on any atom is 0.374 e. The van der Waals surface area contributed by atoms with Crippen LogP contribution in [-0.4, -0.2) is 49.6 Å². The molecule has 4 rings (SSSR count). The van der Waals surface area contributed by atoms with Gasteiger partial charge in [-0.3, -0.25) is 9.59 Å². The fraction of sp³-hybridized carbons (Fsp3) is 0.259. The van der Waals surface area contributed by atoms with E-state index < -0.39 is 28.9 Å². The Balaban J connectivity index is 1.44. The molecule has 11 heteroatoms. The van der Waals surface area contributed by atoms with Gasteiger partial charge in [0.2, 0.25) is 11.5 Å². The van der Waals surface area contributed by atoms with E-state index in [4.69, 9.17) is 27.8 Å². The number of hydrogen-bond acceptors (Lipinski definition) is 11. The maximum absolute atomic E-state index is 12.6. The van der Waals surface area contributed by atoms with Gasteiger partial charge >= 0.3 is 11.9 Å². The van der Waals surface area contributed by atoms with Gasteiger partial charge in [0.1, 0.15) is 47.4 Å². The second kappa shape index (κ2) is 11.6. The Morgan fingerprint density at radius 2 is 1.45 bits per heavy atom. The smallest absolute Gasteiger partial charge is 0.374 e. The lowest BCUT2D eigenvalue weighted by atomic mass is 10.2. The molecule has 0 saturated heterocycles. The molecule has 2 aromatic heterocycles. The summed E-state index contributed by atoms with van der Waals surface area (Å²) in [6.07, 6.45) is -1.11. The van der Waals surface area contributed by atoms with E-state index in [0.29, 0.717) is 0 Å². The number of rotatable bonds is 10. The predicted molar refractivity (Wildman–Crippen MR) is 134 cm³/mol. The van der Waals surface area contributed by atoms with E-state index in [-0.39, 0.29) is 71.4 Å². The van der Waals surface area contributed by atoms with Crippen molar-refractivity contribution in [1.82, 2.24) is 0 Å². The number of aliphatic hydroxyl groups excluding tert-OH is 1. The van der Waals surface area contributed by atoms with Crippen LogP contribution in [0.15, 0.2) is 67.0 Å². The van der Waals surface area contributed by atoms with E-state index >= 15 is 0 Å². The van der Waals surface area contributed by atoms with Crippen LogP contribution in [0.25, 0.3) is 21.9 Å². The molecular formula is C27H24O11. The first kappa shape index (κ1) is 26.4. The molecule has 198 valence electrons. The van der Waals surface area contributed by atoms with Crippen LogP contribution in [0.3, 0.4) is 0 Å². The van der Waals surface area contributed by atoms with Crippen LogP contribution in [0.1, 0.15) is 35.0 Å². The quantitative estimate of drug-likeness (QED) is 0.305. The van der Waals surface area contributed by atoms with Crippen molar-refractivity contribution in [3.05, 3.63) is 80.5 Å². The molecule has 0 bridgehead atoms. The van der Waals surface area contributed by atoms with Crippen molar-refractivity contribution in [3.8, 4) is 11.5 Å². The van der Waals surface area contributed by atoms with Gasteiger partial charge in [0.05, 0.1) is 18.6 Å². The molecule has 0 aliphatic rings. The Hall–Kier alpha value is -4.64. The van der Waals surface area contributed by atoms with Gasteiger partial charge in [-0.25, -0.2) is 9.59 Å². The van der Waals surface area contributed by atoms with Crippen LogP contribution in [0.2, 0.25) is 0 Å². The summed E-state index contributed by atoms with van der Waals surface area (Å²) in [5.74, 6) is -1.54. The van der Waals surface area contributed by atoms with Crippen LogP contribution < -0.4 is 20.3 Å². The minimum atomic E-state index is -1.11. The SMILES string of the molecule is CCOC(=O)c1cc(=O)c2ccc(OCC(O)COc3cccc4oc(C(=O)OCC)cc(=O)c34)cc2o1. The Morgan fingerprint density at radius 1 is 0.816 bits per heavy atom. The van der Waals surface area contributed by atoms with Crippen molar-refractivity contribution in [2.24, 2.45) is 0 Å². The Kier molecular flexibility index (Phi) is 8.07. The summed E-state index contributed by atoms with van der Waals surface area (Å²) in [6.45, 7) is 3.11. The summed E-state index contributed by atoms with van der Waals surface area (Å²) in [5, 5.41) is 10.7. The first-order valence-corrected chi connectivity index (χ1v) is 11.7. The maximum atomic E-state index is 12.6. The monoisotopic (exact) mass is 524 g/mol. The molecule has 1 atom stereocenters. The molecular weight excluding hydrogens is 500 g/mol. The van der Waals surface area contributed by atoms with Crippen LogP contribution in [-0.2, 0) is 9.47 Å². The summed E-state index contributed by atoms with van der Waals surface area (Å²) < 4.78 is 31.9. The van der Waals surface area contributed by atoms with Gasteiger partial charge in [-0.05, 0) is 38.1 Å². The highest BCUT2D eigenvalue weighted by Gasteiger charge is 2.17. The molecule has 2 heterocycles. The minimum Gasteiger partial charge on any atom is -0.491 e. The topological polar surface area (TPSA) is 152 Å². The first-order valence-electron chi connectivity index (χ1n) is 11.7. The fourth-order valence-corrected chi connectivity index (χ4v) is 3.56. The first-order chi connectivity index (χ1) is 18.3.